The summed E-state index contributed by atoms with van der Waals surface area (Å²) in [5, 5.41) is 0. The van der Waals surface area contributed by atoms with Crippen molar-refractivity contribution in [3.05, 3.63) is 48.6 Å². The number of ether oxygens (including phenoxy) is 1. The zero-order valence-electron chi connectivity index (χ0n) is 14.4. The molecule has 4 unspecified atom stereocenters. The molecule has 0 aliphatic heterocycles. The molecule has 0 fully saturated rings. The number of hydrogen-bond acceptors (Lipinski definition) is 1. The standard InChI is InChI=1S/C20H26Cl4O/c21-13-7-17-5-1-3-9-19(17,11-15-23)25-20(12-16-24)10-4-2-6-18(20)8-14-22/h1-6,9-10,17-18H,7-8,11-16H2. The molecule has 0 radical (unpaired) electrons. The van der Waals surface area contributed by atoms with Crippen molar-refractivity contribution in [3.8, 4) is 0 Å². The van der Waals surface area contributed by atoms with Crippen molar-refractivity contribution < 1.29 is 4.74 Å². The summed E-state index contributed by atoms with van der Waals surface area (Å²) in [7, 11) is 0. The van der Waals surface area contributed by atoms with E-state index >= 15 is 0 Å². The zero-order chi connectivity index (χ0) is 18.2. The molecule has 1 nitrogen and oxygen atoms in total. The fraction of sp³-hybridized carbons (Fsp3) is 0.600. The van der Waals surface area contributed by atoms with Crippen molar-refractivity contribution >= 4 is 46.4 Å². The molecule has 0 saturated carbocycles. The van der Waals surface area contributed by atoms with Gasteiger partial charge in [-0.05, 0) is 25.7 Å². The Bertz CT molecular complexity index is 482. The highest BCUT2D eigenvalue weighted by Crippen LogP contribution is 2.44. The normalized spacial score (nSPS) is 33.9. The van der Waals surface area contributed by atoms with Gasteiger partial charge in [0.1, 0.15) is 0 Å². The van der Waals surface area contributed by atoms with Gasteiger partial charge in [0.15, 0.2) is 0 Å². The molecule has 2 aliphatic carbocycles. The lowest BCUT2D eigenvalue weighted by molar-refractivity contribution is -0.149. The third kappa shape index (κ3) is 5.08. The van der Waals surface area contributed by atoms with Gasteiger partial charge in [-0.25, -0.2) is 0 Å². The van der Waals surface area contributed by atoms with Gasteiger partial charge in [0, 0.05) is 35.4 Å². The highest BCUT2D eigenvalue weighted by atomic mass is 35.5. The van der Waals surface area contributed by atoms with E-state index in [0.29, 0.717) is 23.5 Å². The first-order valence-corrected chi connectivity index (χ1v) is 11.0. The van der Waals surface area contributed by atoms with Crippen LogP contribution >= 0.6 is 46.4 Å². The van der Waals surface area contributed by atoms with Crippen LogP contribution in [0.4, 0.5) is 0 Å². The van der Waals surface area contributed by atoms with Crippen LogP contribution in [0.15, 0.2) is 48.6 Å². The van der Waals surface area contributed by atoms with E-state index in [1.165, 1.54) is 0 Å². The molecule has 0 aromatic carbocycles. The molecule has 5 heteroatoms. The Labute approximate surface area is 171 Å². The van der Waals surface area contributed by atoms with Gasteiger partial charge in [0.2, 0.25) is 0 Å². The SMILES string of the molecule is ClCCC1C=CC=CC1(CCCl)OC1(CCCl)C=CC=CC1CCCl. The van der Waals surface area contributed by atoms with Crippen molar-refractivity contribution in [1.82, 2.24) is 0 Å². The zero-order valence-corrected chi connectivity index (χ0v) is 17.4. The molecule has 0 aromatic rings. The molecular formula is C20H26Cl4O. The second-order valence-corrected chi connectivity index (χ2v) is 8.06. The first-order chi connectivity index (χ1) is 12.2. The van der Waals surface area contributed by atoms with Crippen LogP contribution in [0.2, 0.25) is 0 Å². The Kier molecular flexibility index (Phi) is 8.91. The van der Waals surface area contributed by atoms with Crippen molar-refractivity contribution in [3.63, 3.8) is 0 Å². The van der Waals surface area contributed by atoms with Crippen LogP contribution in [0, 0.1) is 11.8 Å². The lowest BCUT2D eigenvalue weighted by atomic mass is 9.75. The summed E-state index contributed by atoms with van der Waals surface area (Å²) in [4.78, 5) is 0. The van der Waals surface area contributed by atoms with Crippen molar-refractivity contribution in [2.75, 3.05) is 23.5 Å². The van der Waals surface area contributed by atoms with Gasteiger partial charge in [-0.2, -0.15) is 0 Å². The Morgan fingerprint density at radius 1 is 0.640 bits per heavy atom. The van der Waals surface area contributed by atoms with Crippen LogP contribution in [0.5, 0.6) is 0 Å². The number of rotatable bonds is 10. The van der Waals surface area contributed by atoms with Gasteiger partial charge in [-0.15, -0.1) is 46.4 Å². The summed E-state index contributed by atoms with van der Waals surface area (Å²) in [5.41, 5.74) is -0.949. The lowest BCUT2D eigenvalue weighted by Gasteiger charge is -2.48. The Balaban J connectivity index is 2.39. The van der Waals surface area contributed by atoms with Gasteiger partial charge >= 0.3 is 0 Å². The minimum absolute atomic E-state index is 0.192. The van der Waals surface area contributed by atoms with E-state index in [4.69, 9.17) is 51.1 Å². The molecule has 0 aromatic heterocycles. The molecule has 0 bridgehead atoms. The fourth-order valence-electron chi connectivity index (χ4n) is 3.83. The van der Waals surface area contributed by atoms with E-state index in [-0.39, 0.29) is 11.8 Å². The number of hydrogen-bond donors (Lipinski definition) is 0. The van der Waals surface area contributed by atoms with E-state index < -0.39 is 11.2 Å². The molecule has 0 saturated heterocycles. The molecule has 25 heavy (non-hydrogen) atoms. The first kappa shape index (κ1) is 21.4. The highest BCUT2D eigenvalue weighted by Gasteiger charge is 2.46. The summed E-state index contributed by atoms with van der Waals surface area (Å²) in [6.45, 7) is 0. The van der Waals surface area contributed by atoms with Crippen molar-refractivity contribution in [2.45, 2.75) is 36.9 Å². The third-order valence-electron chi connectivity index (χ3n) is 5.11. The average molecular weight is 424 g/mol. The monoisotopic (exact) mass is 422 g/mol. The Morgan fingerprint density at radius 3 is 1.44 bits per heavy atom. The maximum absolute atomic E-state index is 6.96. The predicted octanol–water partition coefficient (Wildman–Crippen LogP) is 6.48. The summed E-state index contributed by atoms with van der Waals surface area (Å²) < 4.78 is 6.96. The van der Waals surface area contributed by atoms with Crippen molar-refractivity contribution in [1.29, 1.82) is 0 Å². The minimum atomic E-state index is -0.475. The molecule has 2 aliphatic rings. The van der Waals surface area contributed by atoms with E-state index in [1.807, 2.05) is 12.2 Å². The van der Waals surface area contributed by atoms with Gasteiger partial charge in [0.25, 0.3) is 0 Å². The average Bonchev–Trinajstić information content (AvgIpc) is 2.60. The van der Waals surface area contributed by atoms with Gasteiger partial charge in [-0.1, -0.05) is 48.6 Å². The number of allylic oxidation sites excluding steroid dienone is 4. The number of halogens is 4. The van der Waals surface area contributed by atoms with Crippen molar-refractivity contribution in [2.24, 2.45) is 11.8 Å². The molecule has 140 valence electrons. The maximum atomic E-state index is 6.96. The van der Waals surface area contributed by atoms with Crippen LogP contribution in [0.25, 0.3) is 0 Å². The molecule has 4 atom stereocenters. The molecule has 0 amide bonds. The summed E-state index contributed by atoms with van der Waals surface area (Å²) in [6, 6.07) is 0. The quantitative estimate of drug-likeness (QED) is 0.365. The molecule has 0 heterocycles. The predicted molar refractivity (Wildman–Crippen MR) is 111 cm³/mol. The molecule has 2 rings (SSSR count). The van der Waals surface area contributed by atoms with Gasteiger partial charge in [0.05, 0.1) is 11.2 Å². The molecular weight excluding hydrogens is 398 g/mol. The highest BCUT2D eigenvalue weighted by molar-refractivity contribution is 6.18. The first-order valence-electron chi connectivity index (χ1n) is 8.82. The van der Waals surface area contributed by atoms with Gasteiger partial charge < -0.3 is 4.74 Å². The summed E-state index contributed by atoms with van der Waals surface area (Å²) >= 11 is 24.5. The Hall–Kier alpha value is 0.0800. The number of alkyl halides is 4. The Morgan fingerprint density at radius 2 is 1.08 bits per heavy atom. The smallest absolute Gasteiger partial charge is 0.0951 e. The minimum Gasteiger partial charge on any atom is -0.359 e. The summed E-state index contributed by atoms with van der Waals surface area (Å²) in [5.74, 6) is 2.59. The second kappa shape index (κ2) is 10.4. The van der Waals surface area contributed by atoms with Crippen LogP contribution in [0.3, 0.4) is 0 Å². The van der Waals surface area contributed by atoms with Crippen LogP contribution in [-0.2, 0) is 4.74 Å². The van der Waals surface area contributed by atoms with Crippen LogP contribution < -0.4 is 0 Å². The molecule has 0 spiro atoms. The lowest BCUT2D eigenvalue weighted by Crippen LogP contribution is -2.52. The fourth-order valence-corrected chi connectivity index (χ4v) is 4.89. The second-order valence-electron chi connectivity index (χ2n) is 6.55. The van der Waals surface area contributed by atoms with Crippen LogP contribution in [-0.4, -0.2) is 34.7 Å². The largest absolute Gasteiger partial charge is 0.359 e. The van der Waals surface area contributed by atoms with E-state index in [0.717, 1.165) is 25.7 Å². The van der Waals surface area contributed by atoms with E-state index in [1.54, 1.807) is 0 Å². The summed E-state index contributed by atoms with van der Waals surface area (Å²) in [6.07, 6.45) is 20.0. The molecule has 0 N–H and O–H groups in total. The van der Waals surface area contributed by atoms with E-state index in [2.05, 4.69) is 36.5 Å². The third-order valence-corrected chi connectivity index (χ3v) is 5.93. The van der Waals surface area contributed by atoms with Gasteiger partial charge in [-0.3, -0.25) is 0 Å². The van der Waals surface area contributed by atoms with Crippen LogP contribution in [0.1, 0.15) is 25.7 Å². The van der Waals surface area contributed by atoms with E-state index in [9.17, 15) is 0 Å². The maximum Gasteiger partial charge on any atom is 0.0951 e. The topological polar surface area (TPSA) is 9.23 Å².